The second-order valence-corrected chi connectivity index (χ2v) is 11.1. The number of halogens is 6. The van der Waals surface area contributed by atoms with E-state index >= 15 is 0 Å². The zero-order chi connectivity index (χ0) is 31.2. The molecule has 0 N–H and O–H groups in total. The summed E-state index contributed by atoms with van der Waals surface area (Å²) in [5, 5.41) is 0. The van der Waals surface area contributed by atoms with Crippen molar-refractivity contribution in [3.05, 3.63) is 122 Å². The molecule has 6 aromatic rings. The Morgan fingerprint density at radius 2 is 0.795 bits per heavy atom. The zero-order valence-electron chi connectivity index (χ0n) is 23.2. The van der Waals surface area contributed by atoms with E-state index < -0.39 is 7.81 Å². The van der Waals surface area contributed by atoms with Crippen molar-refractivity contribution in [3.63, 3.8) is 0 Å². The standard InChI is InChI=1S/2C15H13N3.Cu.F6P/c2*1-18-11-5-9-15(18)14-8-4-7-13(17-14)12-6-2-3-10-16-12;;1-7(2,3,4,5)6/h2*2-11H,1H3;;/q;;+1;-1. The molecule has 0 fully saturated rings. The van der Waals surface area contributed by atoms with Crippen LogP contribution in [0.4, 0.5) is 25.2 Å². The molecule has 44 heavy (non-hydrogen) atoms. The maximum atomic E-state index is 9.87. The minimum Gasteiger partial charge on any atom is 1.00 e. The van der Waals surface area contributed by atoms with Gasteiger partial charge in [0.05, 0.1) is 45.6 Å². The molecule has 0 radical (unpaired) electrons. The van der Waals surface area contributed by atoms with Crippen LogP contribution < -0.4 is 0 Å². The third-order valence-corrected chi connectivity index (χ3v) is 5.77. The van der Waals surface area contributed by atoms with Crippen LogP contribution in [0.15, 0.2) is 122 Å². The van der Waals surface area contributed by atoms with E-state index in [9.17, 15) is 25.2 Å². The first-order valence-corrected chi connectivity index (χ1v) is 14.7. The Balaban J connectivity index is 0.000000196. The second-order valence-electron chi connectivity index (χ2n) is 9.21. The van der Waals surface area contributed by atoms with Crippen LogP contribution in [0.2, 0.25) is 0 Å². The molecule has 0 spiro atoms. The van der Waals surface area contributed by atoms with Crippen molar-refractivity contribution in [3.8, 4) is 45.6 Å². The fourth-order valence-corrected chi connectivity index (χ4v) is 3.92. The molecule has 0 aliphatic heterocycles. The molecule has 0 aliphatic carbocycles. The van der Waals surface area contributed by atoms with Crippen LogP contribution in [0.3, 0.4) is 0 Å². The molecule has 234 valence electrons. The molecule has 0 aromatic carbocycles. The summed E-state index contributed by atoms with van der Waals surface area (Å²) in [6.45, 7) is 0. The van der Waals surface area contributed by atoms with Gasteiger partial charge in [0.15, 0.2) is 0 Å². The molecule has 6 rings (SSSR count). The molecule has 0 amide bonds. The van der Waals surface area contributed by atoms with Crippen LogP contribution >= 0.6 is 7.81 Å². The molecule has 14 heteroatoms. The number of aryl methyl sites for hydroxylation is 2. The smallest absolute Gasteiger partial charge is 1.00 e. The van der Waals surface area contributed by atoms with E-state index in [1.165, 1.54) is 0 Å². The van der Waals surface area contributed by atoms with Gasteiger partial charge in [-0.2, -0.15) is 0 Å². The minimum absolute atomic E-state index is 0. The molecule has 0 saturated carbocycles. The van der Waals surface area contributed by atoms with Gasteiger partial charge in [0.1, 0.15) is 0 Å². The summed E-state index contributed by atoms with van der Waals surface area (Å²) in [6.07, 6.45) is 7.60. The third kappa shape index (κ3) is 11.1. The van der Waals surface area contributed by atoms with Gasteiger partial charge in [-0.3, -0.25) is 9.97 Å². The van der Waals surface area contributed by atoms with Crippen molar-refractivity contribution >= 4 is 7.81 Å². The number of pyridine rings is 4. The van der Waals surface area contributed by atoms with Gasteiger partial charge in [-0.25, -0.2) is 9.97 Å². The van der Waals surface area contributed by atoms with Gasteiger partial charge >= 0.3 is 50.1 Å². The first-order chi connectivity index (χ1) is 20.1. The first-order valence-electron chi connectivity index (χ1n) is 12.7. The van der Waals surface area contributed by atoms with Gasteiger partial charge in [-0.1, -0.05) is 24.3 Å². The summed E-state index contributed by atoms with van der Waals surface area (Å²) in [4.78, 5) is 18.0. The average molecular weight is 679 g/mol. The van der Waals surface area contributed by atoms with E-state index in [0.29, 0.717) is 0 Å². The molecular formula is C30H26CuF6N6P. The molecule has 0 atom stereocenters. The van der Waals surface area contributed by atoms with E-state index in [1.54, 1.807) is 12.4 Å². The number of aromatic nitrogens is 6. The third-order valence-electron chi connectivity index (χ3n) is 5.77. The van der Waals surface area contributed by atoms with Crippen LogP contribution in [0.5, 0.6) is 0 Å². The molecule has 0 saturated heterocycles. The monoisotopic (exact) mass is 678 g/mol. The first kappa shape index (κ1) is 34.2. The van der Waals surface area contributed by atoms with Crippen molar-refractivity contribution in [2.24, 2.45) is 14.1 Å². The number of nitrogens with zero attached hydrogens (tertiary/aromatic N) is 6. The normalized spacial score (nSPS) is 12.3. The summed E-state index contributed by atoms with van der Waals surface area (Å²) in [5.41, 5.74) is 7.72. The minimum atomic E-state index is -10.7. The predicted molar refractivity (Wildman–Crippen MR) is 157 cm³/mol. The molecule has 0 bridgehead atoms. The van der Waals surface area contributed by atoms with E-state index in [2.05, 4.69) is 41.2 Å². The van der Waals surface area contributed by atoms with Gasteiger partial charge in [-0.05, 0) is 72.8 Å². The Morgan fingerprint density at radius 3 is 1.09 bits per heavy atom. The summed E-state index contributed by atoms with van der Waals surface area (Å²) < 4.78 is 63.3. The van der Waals surface area contributed by atoms with Gasteiger partial charge in [-0.15, -0.1) is 0 Å². The Bertz CT molecular complexity index is 1660. The van der Waals surface area contributed by atoms with E-state index in [1.807, 2.05) is 111 Å². The van der Waals surface area contributed by atoms with Crippen molar-refractivity contribution in [2.75, 3.05) is 0 Å². The van der Waals surface area contributed by atoms with Crippen molar-refractivity contribution in [2.45, 2.75) is 0 Å². The largest absolute Gasteiger partial charge is 1.00 e. The number of rotatable bonds is 4. The maximum Gasteiger partial charge on any atom is 1.00 e. The molecular weight excluding hydrogens is 653 g/mol. The van der Waals surface area contributed by atoms with Gasteiger partial charge < -0.3 is 9.13 Å². The van der Waals surface area contributed by atoms with Crippen molar-refractivity contribution in [1.82, 2.24) is 29.1 Å². The summed E-state index contributed by atoms with van der Waals surface area (Å²) in [6, 6.07) is 31.9. The zero-order valence-corrected chi connectivity index (χ0v) is 25.1. The van der Waals surface area contributed by atoms with Crippen LogP contribution in [0, 0.1) is 0 Å². The molecule has 6 nitrogen and oxygen atoms in total. The maximum absolute atomic E-state index is 10.7. The molecule has 0 aliphatic rings. The van der Waals surface area contributed by atoms with Crippen molar-refractivity contribution < 1.29 is 42.3 Å². The van der Waals surface area contributed by atoms with E-state index in [0.717, 1.165) is 45.6 Å². The SMILES string of the molecule is Cn1cccc1-c1cccc(-c2ccccn2)n1.Cn1cccc1-c1cccc(-c2ccccn2)n1.F[P-](F)(F)(F)(F)F.[Cu+]. The summed E-state index contributed by atoms with van der Waals surface area (Å²) >= 11 is 0. The Hall–Kier alpha value is -4.31. The van der Waals surface area contributed by atoms with E-state index in [4.69, 9.17) is 0 Å². The fraction of sp³-hybridized carbons (Fsp3) is 0.0667. The molecule has 0 unspecified atom stereocenters. The Labute approximate surface area is 260 Å². The summed E-state index contributed by atoms with van der Waals surface area (Å²) in [5.74, 6) is 0. The Morgan fingerprint density at radius 1 is 0.455 bits per heavy atom. The topological polar surface area (TPSA) is 61.4 Å². The quantitative estimate of drug-likeness (QED) is 0.106. The number of hydrogen-bond donors (Lipinski definition) is 0. The summed E-state index contributed by atoms with van der Waals surface area (Å²) in [7, 11) is -6.62. The van der Waals surface area contributed by atoms with Gasteiger partial charge in [0, 0.05) is 38.9 Å². The molecule has 6 aromatic heterocycles. The molecule has 6 heterocycles. The second kappa shape index (κ2) is 13.1. The van der Waals surface area contributed by atoms with Gasteiger partial charge in [0.25, 0.3) is 0 Å². The fourth-order valence-electron chi connectivity index (χ4n) is 3.92. The van der Waals surface area contributed by atoms with Crippen LogP contribution in [-0.4, -0.2) is 29.1 Å². The van der Waals surface area contributed by atoms with Crippen molar-refractivity contribution in [1.29, 1.82) is 0 Å². The Kier molecular flexibility index (Phi) is 10.2. The van der Waals surface area contributed by atoms with E-state index in [-0.39, 0.29) is 17.1 Å². The average Bonchev–Trinajstić information content (AvgIpc) is 3.60. The van der Waals surface area contributed by atoms with Crippen LogP contribution in [0.1, 0.15) is 0 Å². The number of hydrogen-bond acceptors (Lipinski definition) is 4. The van der Waals surface area contributed by atoms with Crippen LogP contribution in [0.25, 0.3) is 45.6 Å². The predicted octanol–water partition coefficient (Wildman–Crippen LogP) is 9.68. The van der Waals surface area contributed by atoms with Crippen LogP contribution in [-0.2, 0) is 31.2 Å². The van der Waals surface area contributed by atoms with Gasteiger partial charge in [0.2, 0.25) is 0 Å².